The Morgan fingerprint density at radius 2 is 1.86 bits per heavy atom. The Labute approximate surface area is 246 Å². The number of carbonyl (C=O) groups excluding carboxylic acids is 1. The van der Waals surface area contributed by atoms with Gasteiger partial charge in [-0.05, 0) is 42.9 Å². The summed E-state index contributed by atoms with van der Waals surface area (Å²) < 4.78 is 1.87. The fourth-order valence-electron chi connectivity index (χ4n) is 5.22. The van der Waals surface area contributed by atoms with Crippen molar-refractivity contribution < 1.29 is 4.79 Å². The number of nitrogens with zero attached hydrogens (tertiary/aromatic N) is 6. The lowest BCUT2D eigenvalue weighted by molar-refractivity contribution is -0.128. The summed E-state index contributed by atoms with van der Waals surface area (Å²) in [6, 6.07) is 16.0. The molecule has 42 heavy (non-hydrogen) atoms. The van der Waals surface area contributed by atoms with Crippen molar-refractivity contribution in [3.8, 4) is 11.3 Å². The van der Waals surface area contributed by atoms with E-state index < -0.39 is 0 Å². The summed E-state index contributed by atoms with van der Waals surface area (Å²) in [6.07, 6.45) is 4.80. The number of nitrogens with one attached hydrogen (secondary N) is 1. The second kappa shape index (κ2) is 11.5. The molecule has 0 bridgehead atoms. The number of benzene rings is 2. The number of nitrogens with two attached hydrogens (primary N) is 1. The predicted molar refractivity (Wildman–Crippen MR) is 168 cm³/mol. The summed E-state index contributed by atoms with van der Waals surface area (Å²) in [4.78, 5) is 27.4. The van der Waals surface area contributed by atoms with E-state index in [-0.39, 0.29) is 23.1 Å². The molecule has 0 radical (unpaired) electrons. The zero-order chi connectivity index (χ0) is 30.0. The van der Waals surface area contributed by atoms with E-state index >= 15 is 0 Å². The molecular formula is C33H36N8O. The Balaban J connectivity index is 1.42. The molecule has 0 spiro atoms. The maximum absolute atomic E-state index is 13.3. The number of likely N-dealkylation sites (tertiary alicyclic amines) is 1. The van der Waals surface area contributed by atoms with E-state index in [0.717, 1.165) is 35.4 Å². The molecule has 214 valence electrons. The Hall–Kier alpha value is -4.97. The molecule has 1 saturated heterocycles. The largest absolute Gasteiger partial charge is 0.383 e. The van der Waals surface area contributed by atoms with Crippen molar-refractivity contribution in [2.75, 3.05) is 24.1 Å². The van der Waals surface area contributed by atoms with Gasteiger partial charge in [0, 0.05) is 30.0 Å². The van der Waals surface area contributed by atoms with Crippen molar-refractivity contribution in [3.05, 3.63) is 95.8 Å². The van der Waals surface area contributed by atoms with Crippen LogP contribution >= 0.6 is 0 Å². The van der Waals surface area contributed by atoms with Crippen LogP contribution in [-0.2, 0) is 4.79 Å². The van der Waals surface area contributed by atoms with E-state index in [1.807, 2.05) is 61.9 Å². The highest BCUT2D eigenvalue weighted by Crippen LogP contribution is 2.35. The van der Waals surface area contributed by atoms with Crippen LogP contribution in [0.3, 0.4) is 0 Å². The smallest absolute Gasteiger partial charge is 0.252 e. The van der Waals surface area contributed by atoms with Crippen LogP contribution < -0.4 is 11.1 Å². The summed E-state index contributed by atoms with van der Waals surface area (Å²) in [6.45, 7) is 20.8. The van der Waals surface area contributed by atoms with Gasteiger partial charge in [0.05, 0.1) is 18.0 Å². The summed E-state index contributed by atoms with van der Waals surface area (Å²) in [7, 11) is 0. The fraction of sp³-hybridized carbons (Fsp3) is 0.303. The van der Waals surface area contributed by atoms with Crippen LogP contribution in [0.4, 0.5) is 11.5 Å². The van der Waals surface area contributed by atoms with Crippen LogP contribution in [0.15, 0.2) is 73.2 Å². The van der Waals surface area contributed by atoms with Gasteiger partial charge < -0.3 is 16.0 Å². The molecule has 1 amide bonds. The van der Waals surface area contributed by atoms with Gasteiger partial charge in [-0.2, -0.15) is 5.10 Å². The minimum Gasteiger partial charge on any atom is -0.383 e. The molecule has 1 aliphatic rings. The molecule has 3 heterocycles. The highest BCUT2D eigenvalue weighted by atomic mass is 16.2. The zero-order valence-corrected chi connectivity index (χ0v) is 24.6. The molecule has 2 aromatic heterocycles. The van der Waals surface area contributed by atoms with E-state index in [9.17, 15) is 4.79 Å². The van der Waals surface area contributed by atoms with Crippen LogP contribution in [0.5, 0.6) is 0 Å². The Morgan fingerprint density at radius 1 is 1.14 bits per heavy atom. The number of allylic oxidation sites excluding steroid dienone is 1. The highest BCUT2D eigenvalue weighted by Gasteiger charge is 2.30. The van der Waals surface area contributed by atoms with E-state index in [4.69, 9.17) is 17.4 Å². The lowest BCUT2D eigenvalue weighted by Gasteiger charge is -2.33. The monoisotopic (exact) mass is 560 g/mol. The molecule has 0 unspecified atom stereocenters. The second-order valence-electron chi connectivity index (χ2n) is 11.9. The molecule has 1 aliphatic heterocycles. The standard InChI is InChI=1S/C33H36N8O/c1-21-9-11-23(12-10-21)22(2)38-25-15-13-24(14-16-25)29-28-30(34)36-20-37-31(28)41(39-29)26-8-7-17-40(19-26)32(42)27(35-6)18-33(3,4)5/h9-16,18,20,26,38H,2,7-8,17,19H2,1,3-5H3,(H2,34,36,37)/b27-18-/t26-/m1/s1. The molecule has 2 aromatic carbocycles. The number of amides is 1. The van der Waals surface area contributed by atoms with Crippen molar-refractivity contribution in [1.82, 2.24) is 24.6 Å². The summed E-state index contributed by atoms with van der Waals surface area (Å²) in [5.41, 5.74) is 12.4. The number of aromatic nitrogens is 4. The van der Waals surface area contributed by atoms with Crippen LogP contribution in [-0.4, -0.2) is 43.6 Å². The maximum Gasteiger partial charge on any atom is 0.252 e. The van der Waals surface area contributed by atoms with Gasteiger partial charge in [-0.1, -0.05) is 75.4 Å². The van der Waals surface area contributed by atoms with Crippen molar-refractivity contribution in [3.63, 3.8) is 0 Å². The molecule has 9 nitrogen and oxygen atoms in total. The Morgan fingerprint density at radius 3 is 2.52 bits per heavy atom. The van der Waals surface area contributed by atoms with Crippen molar-refractivity contribution in [1.29, 1.82) is 0 Å². The van der Waals surface area contributed by atoms with E-state index in [2.05, 4.69) is 45.8 Å². The average Bonchev–Trinajstić information content (AvgIpc) is 3.37. The predicted octanol–water partition coefficient (Wildman–Crippen LogP) is 6.48. The molecule has 0 saturated carbocycles. The first-order valence-corrected chi connectivity index (χ1v) is 14.1. The van der Waals surface area contributed by atoms with Gasteiger partial charge in [-0.25, -0.2) is 19.5 Å². The SMILES string of the molecule is [C-]#[N+]/C(=C\C(C)(C)C)C(=O)N1CCC[C@@H](n2nc(-c3ccc(NC(=C)c4ccc(C)cc4)cc3)c3c(N)ncnc32)C1. The molecule has 5 rings (SSSR count). The number of carbonyl (C=O) groups is 1. The lowest BCUT2D eigenvalue weighted by Crippen LogP contribution is -2.41. The number of aryl methyl sites for hydroxylation is 1. The topological polar surface area (TPSA) is 106 Å². The summed E-state index contributed by atoms with van der Waals surface area (Å²) in [5.74, 6) is 0.106. The summed E-state index contributed by atoms with van der Waals surface area (Å²) in [5, 5.41) is 9.05. The van der Waals surface area contributed by atoms with Gasteiger partial charge >= 0.3 is 0 Å². The number of hydrogen-bond acceptors (Lipinski definition) is 6. The van der Waals surface area contributed by atoms with Crippen LogP contribution in [0, 0.1) is 18.9 Å². The van der Waals surface area contributed by atoms with Gasteiger partial charge in [0.15, 0.2) is 5.65 Å². The number of fused-ring (bicyclic) bond motifs is 1. The van der Waals surface area contributed by atoms with Crippen molar-refractivity contribution >= 4 is 34.1 Å². The summed E-state index contributed by atoms with van der Waals surface area (Å²) >= 11 is 0. The minimum absolute atomic E-state index is 0.117. The molecule has 0 aliphatic carbocycles. The number of piperidine rings is 1. The van der Waals surface area contributed by atoms with Crippen LogP contribution in [0.2, 0.25) is 0 Å². The highest BCUT2D eigenvalue weighted by molar-refractivity contribution is 5.98. The van der Waals surface area contributed by atoms with Crippen molar-refractivity contribution in [2.45, 2.75) is 46.6 Å². The first-order valence-electron chi connectivity index (χ1n) is 14.1. The van der Waals surface area contributed by atoms with Gasteiger partial charge in [-0.15, -0.1) is 0 Å². The van der Waals surface area contributed by atoms with E-state index in [0.29, 0.717) is 35.6 Å². The minimum atomic E-state index is -0.273. The number of nitrogen functional groups attached to an aromatic ring is 1. The first-order chi connectivity index (χ1) is 20.0. The fourth-order valence-corrected chi connectivity index (χ4v) is 5.22. The quantitative estimate of drug-likeness (QED) is 0.207. The second-order valence-corrected chi connectivity index (χ2v) is 11.9. The molecular weight excluding hydrogens is 524 g/mol. The number of anilines is 2. The van der Waals surface area contributed by atoms with Gasteiger partial charge in [0.25, 0.3) is 5.91 Å². The van der Waals surface area contributed by atoms with Gasteiger partial charge in [0.2, 0.25) is 5.70 Å². The number of rotatable bonds is 6. The van der Waals surface area contributed by atoms with Gasteiger partial charge in [-0.3, -0.25) is 4.79 Å². The van der Waals surface area contributed by atoms with E-state index in [1.165, 1.54) is 11.9 Å². The average molecular weight is 561 g/mol. The molecule has 9 heteroatoms. The Bertz CT molecular complexity index is 1700. The third-order valence-corrected chi connectivity index (χ3v) is 7.31. The maximum atomic E-state index is 13.3. The third-order valence-electron chi connectivity index (χ3n) is 7.31. The molecule has 3 N–H and O–H groups in total. The number of hydrogen-bond donors (Lipinski definition) is 2. The first kappa shape index (κ1) is 28.6. The van der Waals surface area contributed by atoms with Crippen LogP contribution in [0.1, 0.15) is 50.8 Å². The van der Waals surface area contributed by atoms with Crippen molar-refractivity contribution in [2.24, 2.45) is 5.41 Å². The zero-order valence-electron chi connectivity index (χ0n) is 24.6. The Kier molecular flexibility index (Phi) is 7.81. The normalized spacial score (nSPS) is 15.8. The molecule has 1 atom stereocenters. The van der Waals surface area contributed by atoms with Crippen LogP contribution in [0.25, 0.3) is 32.8 Å². The molecule has 1 fully saturated rings. The van der Waals surface area contributed by atoms with Gasteiger partial charge in [0.1, 0.15) is 17.8 Å². The lowest BCUT2D eigenvalue weighted by atomic mass is 9.95. The molecule has 4 aromatic rings. The third kappa shape index (κ3) is 6.03. The van der Waals surface area contributed by atoms with E-state index in [1.54, 1.807) is 11.0 Å².